The number of carbonyl (C=O) groups excluding carboxylic acids is 1. The van der Waals surface area contributed by atoms with E-state index >= 15 is 0 Å². The predicted molar refractivity (Wildman–Crippen MR) is 52.0 cm³/mol. The molecule has 0 radical (unpaired) electrons. The quantitative estimate of drug-likeness (QED) is 0.254. The van der Waals surface area contributed by atoms with Gasteiger partial charge in [0.05, 0.1) is 5.56 Å². The van der Waals surface area contributed by atoms with E-state index in [0.717, 1.165) is 11.1 Å². The van der Waals surface area contributed by atoms with E-state index in [0.29, 0.717) is 11.3 Å². The van der Waals surface area contributed by atoms with Crippen molar-refractivity contribution in [3.8, 4) is 0 Å². The molecule has 0 unspecified atom stereocenters. The summed E-state index contributed by atoms with van der Waals surface area (Å²) in [5.41, 5.74) is 10.7. The van der Waals surface area contributed by atoms with Crippen molar-refractivity contribution >= 4 is 11.6 Å². The molecule has 4 nitrogen and oxygen atoms in total. The van der Waals surface area contributed by atoms with Crippen LogP contribution in [0.1, 0.15) is 21.5 Å². The van der Waals surface area contributed by atoms with Crippen LogP contribution in [-0.2, 0) is 0 Å². The number of hydrogen-bond donors (Lipinski definition) is 3. The maximum Gasteiger partial charge on any atom is 0.267 e. The Labute approximate surface area is 76.9 Å². The lowest BCUT2D eigenvalue weighted by Crippen LogP contribution is -2.30. The van der Waals surface area contributed by atoms with Crippen LogP contribution in [0, 0.1) is 13.8 Å². The zero-order chi connectivity index (χ0) is 10.0. The molecule has 0 aliphatic carbocycles. The molecule has 1 amide bonds. The third-order valence-electron chi connectivity index (χ3n) is 2.04. The van der Waals surface area contributed by atoms with Crippen molar-refractivity contribution in [1.29, 1.82) is 0 Å². The molecule has 0 bridgehead atoms. The van der Waals surface area contributed by atoms with Gasteiger partial charge in [0.15, 0.2) is 0 Å². The van der Waals surface area contributed by atoms with E-state index in [2.05, 4.69) is 0 Å². The van der Waals surface area contributed by atoms with Crippen LogP contribution in [0.25, 0.3) is 0 Å². The molecule has 1 aromatic rings. The number of hydrogen-bond acceptors (Lipinski definition) is 3. The van der Waals surface area contributed by atoms with Gasteiger partial charge in [0.25, 0.3) is 5.91 Å². The number of hydrazine groups is 1. The summed E-state index contributed by atoms with van der Waals surface area (Å²) in [5.74, 6) is 4.65. The Bertz CT molecular complexity index is 347. The minimum atomic E-state index is -0.361. The van der Waals surface area contributed by atoms with E-state index in [-0.39, 0.29) is 5.91 Å². The molecule has 0 fully saturated rings. The van der Waals surface area contributed by atoms with E-state index in [9.17, 15) is 4.79 Å². The summed E-state index contributed by atoms with van der Waals surface area (Å²) in [6, 6.07) is 3.49. The van der Waals surface area contributed by atoms with Gasteiger partial charge in [-0.3, -0.25) is 10.2 Å². The number of aryl methyl sites for hydroxylation is 2. The fraction of sp³-hybridized carbons (Fsp3) is 0.222. The first-order valence-corrected chi connectivity index (χ1v) is 3.94. The van der Waals surface area contributed by atoms with Crippen LogP contribution in [0.15, 0.2) is 12.1 Å². The molecule has 0 atom stereocenters. The summed E-state index contributed by atoms with van der Waals surface area (Å²) in [6.07, 6.45) is 0. The highest BCUT2D eigenvalue weighted by Gasteiger charge is 2.09. The second-order valence-corrected chi connectivity index (χ2v) is 3.00. The van der Waals surface area contributed by atoms with E-state index in [1.165, 1.54) is 0 Å². The number of nitrogens with one attached hydrogen (secondary N) is 1. The Morgan fingerprint density at radius 1 is 1.31 bits per heavy atom. The van der Waals surface area contributed by atoms with Crippen LogP contribution in [-0.4, -0.2) is 5.91 Å². The van der Waals surface area contributed by atoms with Crippen molar-refractivity contribution < 1.29 is 4.79 Å². The molecule has 0 saturated heterocycles. The van der Waals surface area contributed by atoms with E-state index in [1.54, 1.807) is 12.1 Å². The molecule has 70 valence electrons. The van der Waals surface area contributed by atoms with Crippen LogP contribution in [0.2, 0.25) is 0 Å². The lowest BCUT2D eigenvalue weighted by Gasteiger charge is -2.07. The fourth-order valence-electron chi connectivity index (χ4n) is 1.11. The fourth-order valence-corrected chi connectivity index (χ4v) is 1.11. The Balaban J connectivity index is 3.23. The van der Waals surface area contributed by atoms with Gasteiger partial charge in [0.2, 0.25) is 0 Å². The van der Waals surface area contributed by atoms with Crippen LogP contribution in [0.4, 0.5) is 5.69 Å². The van der Waals surface area contributed by atoms with Crippen molar-refractivity contribution in [2.45, 2.75) is 13.8 Å². The molecule has 13 heavy (non-hydrogen) atoms. The first-order chi connectivity index (χ1) is 6.06. The van der Waals surface area contributed by atoms with Gasteiger partial charge in [-0.15, -0.1) is 0 Å². The van der Waals surface area contributed by atoms with Crippen LogP contribution < -0.4 is 17.0 Å². The van der Waals surface area contributed by atoms with Gasteiger partial charge in [-0.2, -0.15) is 0 Å². The summed E-state index contributed by atoms with van der Waals surface area (Å²) >= 11 is 0. The van der Waals surface area contributed by atoms with Gasteiger partial charge in [0.1, 0.15) is 0 Å². The summed E-state index contributed by atoms with van der Waals surface area (Å²) < 4.78 is 0. The Kier molecular flexibility index (Phi) is 2.53. The minimum absolute atomic E-state index is 0.361. The first kappa shape index (κ1) is 9.54. The highest BCUT2D eigenvalue weighted by molar-refractivity contribution is 5.99. The number of carbonyl (C=O) groups is 1. The zero-order valence-electron chi connectivity index (χ0n) is 7.72. The molecule has 4 heteroatoms. The molecule has 0 aliphatic heterocycles. The number of anilines is 1. The maximum absolute atomic E-state index is 11.2. The standard InChI is InChI=1S/C9H13N3O/c1-5-3-7(9(13)12-11)8(10)4-6(5)2/h3-4H,10-11H2,1-2H3,(H,12,13). The largest absolute Gasteiger partial charge is 0.398 e. The number of rotatable bonds is 1. The molecule has 1 aromatic carbocycles. The number of benzene rings is 1. The minimum Gasteiger partial charge on any atom is -0.398 e. The lowest BCUT2D eigenvalue weighted by atomic mass is 10.0. The average Bonchev–Trinajstić information content (AvgIpc) is 2.10. The van der Waals surface area contributed by atoms with Gasteiger partial charge in [-0.05, 0) is 37.1 Å². The van der Waals surface area contributed by atoms with Crippen molar-refractivity contribution in [2.24, 2.45) is 5.84 Å². The predicted octanol–water partition coefficient (Wildman–Crippen LogP) is 0.489. The average molecular weight is 179 g/mol. The molecule has 0 heterocycles. The Morgan fingerprint density at radius 3 is 2.38 bits per heavy atom. The second kappa shape index (κ2) is 3.45. The summed E-state index contributed by atoms with van der Waals surface area (Å²) in [4.78, 5) is 11.2. The second-order valence-electron chi connectivity index (χ2n) is 3.00. The maximum atomic E-state index is 11.2. The zero-order valence-corrected chi connectivity index (χ0v) is 7.72. The summed E-state index contributed by atoms with van der Waals surface area (Å²) in [6.45, 7) is 3.86. The topological polar surface area (TPSA) is 81.1 Å². The SMILES string of the molecule is Cc1cc(N)c(C(=O)NN)cc1C. The molecule has 1 rings (SSSR count). The van der Waals surface area contributed by atoms with Gasteiger partial charge in [0, 0.05) is 5.69 Å². The molecule has 0 spiro atoms. The van der Waals surface area contributed by atoms with Gasteiger partial charge >= 0.3 is 0 Å². The van der Waals surface area contributed by atoms with Crippen LogP contribution in [0.5, 0.6) is 0 Å². The Morgan fingerprint density at radius 2 is 1.85 bits per heavy atom. The van der Waals surface area contributed by atoms with Gasteiger partial charge < -0.3 is 5.73 Å². The lowest BCUT2D eigenvalue weighted by molar-refractivity contribution is 0.0954. The van der Waals surface area contributed by atoms with Crippen molar-refractivity contribution in [3.63, 3.8) is 0 Å². The van der Waals surface area contributed by atoms with E-state index in [4.69, 9.17) is 11.6 Å². The number of nitrogen functional groups attached to an aromatic ring is 2. The van der Waals surface area contributed by atoms with E-state index < -0.39 is 0 Å². The normalized spacial score (nSPS) is 9.77. The number of amides is 1. The Hall–Kier alpha value is -1.55. The third kappa shape index (κ3) is 1.78. The summed E-state index contributed by atoms with van der Waals surface area (Å²) in [7, 11) is 0. The first-order valence-electron chi connectivity index (χ1n) is 3.94. The number of nitrogens with two attached hydrogens (primary N) is 2. The monoisotopic (exact) mass is 179 g/mol. The molecular formula is C9H13N3O. The molecular weight excluding hydrogens is 166 g/mol. The molecule has 0 saturated carbocycles. The molecule has 5 N–H and O–H groups in total. The van der Waals surface area contributed by atoms with Crippen molar-refractivity contribution in [2.75, 3.05) is 5.73 Å². The molecule has 0 aliphatic rings. The van der Waals surface area contributed by atoms with Gasteiger partial charge in [-0.25, -0.2) is 5.84 Å². The van der Waals surface area contributed by atoms with E-state index in [1.807, 2.05) is 19.3 Å². The third-order valence-corrected chi connectivity index (χ3v) is 2.04. The van der Waals surface area contributed by atoms with Crippen molar-refractivity contribution in [3.05, 3.63) is 28.8 Å². The van der Waals surface area contributed by atoms with Crippen LogP contribution >= 0.6 is 0 Å². The van der Waals surface area contributed by atoms with Gasteiger partial charge in [-0.1, -0.05) is 0 Å². The summed E-state index contributed by atoms with van der Waals surface area (Å²) in [5, 5.41) is 0. The van der Waals surface area contributed by atoms with Crippen molar-refractivity contribution in [1.82, 2.24) is 5.43 Å². The molecule has 0 aromatic heterocycles. The van der Waals surface area contributed by atoms with Crippen LogP contribution in [0.3, 0.4) is 0 Å². The highest BCUT2D eigenvalue weighted by atomic mass is 16.2. The smallest absolute Gasteiger partial charge is 0.267 e. The highest BCUT2D eigenvalue weighted by Crippen LogP contribution is 2.17.